The topological polar surface area (TPSA) is 38.3 Å². The van der Waals surface area contributed by atoms with E-state index in [0.717, 1.165) is 21.3 Å². The molecule has 3 nitrogen and oxygen atoms in total. The summed E-state index contributed by atoms with van der Waals surface area (Å²) >= 11 is 3.43. The molecule has 0 atom stereocenters. The van der Waals surface area contributed by atoms with Crippen LogP contribution in [-0.2, 0) is 11.3 Å². The van der Waals surface area contributed by atoms with E-state index in [4.69, 9.17) is 4.74 Å². The molecule has 1 aliphatic rings. The second kappa shape index (κ2) is 6.36. The molecular weight excluding hydrogens is 342 g/mol. The first-order chi connectivity index (χ1) is 10.6. The second-order valence-corrected chi connectivity index (χ2v) is 6.23. The molecular formula is C18H16BrNO2. The highest BCUT2D eigenvalue weighted by Crippen LogP contribution is 2.29. The van der Waals surface area contributed by atoms with Gasteiger partial charge in [0.15, 0.2) is 0 Å². The number of fused-ring (bicyclic) bond motifs is 1. The average Bonchev–Trinajstić information content (AvgIpc) is 2.52. The molecule has 2 aromatic rings. The Hall–Kier alpha value is -2.07. The quantitative estimate of drug-likeness (QED) is 0.905. The van der Waals surface area contributed by atoms with E-state index >= 15 is 0 Å². The van der Waals surface area contributed by atoms with Crippen LogP contribution in [0.3, 0.4) is 0 Å². The molecule has 2 aromatic carbocycles. The largest absolute Gasteiger partial charge is 0.488 e. The van der Waals surface area contributed by atoms with E-state index in [1.165, 1.54) is 5.56 Å². The summed E-state index contributed by atoms with van der Waals surface area (Å²) in [7, 11) is 0. The summed E-state index contributed by atoms with van der Waals surface area (Å²) < 4.78 is 6.60. The zero-order valence-electron chi connectivity index (χ0n) is 12.2. The Labute approximate surface area is 138 Å². The summed E-state index contributed by atoms with van der Waals surface area (Å²) in [5, 5.41) is 2.94. The van der Waals surface area contributed by atoms with Gasteiger partial charge in [-0.2, -0.15) is 0 Å². The van der Waals surface area contributed by atoms with Crippen LogP contribution < -0.4 is 10.1 Å². The Morgan fingerprint density at radius 2 is 2.14 bits per heavy atom. The SMILES string of the molecule is Cc1cccc(CNC(=O)C2=Cc3cc(Br)ccc3OC2)c1. The van der Waals surface area contributed by atoms with Crippen molar-refractivity contribution in [3.63, 3.8) is 0 Å². The van der Waals surface area contributed by atoms with Gasteiger partial charge >= 0.3 is 0 Å². The number of aryl methyl sites for hydroxylation is 1. The fourth-order valence-electron chi connectivity index (χ4n) is 2.40. The minimum atomic E-state index is -0.0906. The van der Waals surface area contributed by atoms with Crippen LogP contribution in [0.25, 0.3) is 6.08 Å². The molecule has 0 unspecified atom stereocenters. The fourth-order valence-corrected chi connectivity index (χ4v) is 2.78. The lowest BCUT2D eigenvalue weighted by Crippen LogP contribution is -2.28. The minimum absolute atomic E-state index is 0.0906. The Morgan fingerprint density at radius 1 is 1.27 bits per heavy atom. The third-order valence-corrected chi connectivity index (χ3v) is 4.01. The number of hydrogen-bond donors (Lipinski definition) is 1. The van der Waals surface area contributed by atoms with Gasteiger partial charge in [0.2, 0.25) is 0 Å². The normalized spacial score (nSPS) is 12.9. The van der Waals surface area contributed by atoms with E-state index in [1.54, 1.807) is 0 Å². The van der Waals surface area contributed by atoms with E-state index < -0.39 is 0 Å². The molecule has 1 amide bonds. The molecule has 1 heterocycles. The molecule has 1 N–H and O–H groups in total. The number of halogens is 1. The van der Waals surface area contributed by atoms with Crippen molar-refractivity contribution in [2.75, 3.05) is 6.61 Å². The molecule has 1 aliphatic heterocycles. The first kappa shape index (κ1) is 14.9. The lowest BCUT2D eigenvalue weighted by Gasteiger charge is -2.18. The summed E-state index contributed by atoms with van der Waals surface area (Å²) in [4.78, 5) is 12.3. The summed E-state index contributed by atoms with van der Waals surface area (Å²) in [6.45, 7) is 2.86. The maximum Gasteiger partial charge on any atom is 0.250 e. The van der Waals surface area contributed by atoms with Gasteiger partial charge in [0, 0.05) is 16.6 Å². The number of rotatable bonds is 3. The van der Waals surface area contributed by atoms with E-state index in [1.807, 2.05) is 49.4 Å². The van der Waals surface area contributed by atoms with Gasteiger partial charge in [-0.05, 0) is 36.8 Å². The van der Waals surface area contributed by atoms with E-state index in [2.05, 4.69) is 27.3 Å². The van der Waals surface area contributed by atoms with E-state index in [9.17, 15) is 4.79 Å². The Balaban J connectivity index is 1.70. The van der Waals surface area contributed by atoms with Gasteiger partial charge < -0.3 is 10.1 Å². The van der Waals surface area contributed by atoms with Gasteiger partial charge in [-0.15, -0.1) is 0 Å². The maximum atomic E-state index is 12.3. The van der Waals surface area contributed by atoms with Gasteiger partial charge in [-0.1, -0.05) is 45.8 Å². The van der Waals surface area contributed by atoms with Crippen LogP contribution in [0.15, 0.2) is 52.5 Å². The summed E-state index contributed by atoms with van der Waals surface area (Å²) in [5.41, 5.74) is 3.83. The third-order valence-electron chi connectivity index (χ3n) is 3.51. The Bertz CT molecular complexity index is 753. The predicted molar refractivity (Wildman–Crippen MR) is 90.6 cm³/mol. The molecule has 0 spiro atoms. The predicted octanol–water partition coefficient (Wildman–Crippen LogP) is 3.85. The van der Waals surface area contributed by atoms with Crippen molar-refractivity contribution < 1.29 is 9.53 Å². The lowest BCUT2D eigenvalue weighted by molar-refractivity contribution is -0.117. The van der Waals surface area contributed by atoms with Crippen LogP contribution in [0.1, 0.15) is 16.7 Å². The number of benzene rings is 2. The Kier molecular flexibility index (Phi) is 4.29. The van der Waals surface area contributed by atoms with Crippen LogP contribution in [0, 0.1) is 6.92 Å². The Morgan fingerprint density at radius 3 is 2.95 bits per heavy atom. The first-order valence-corrected chi connectivity index (χ1v) is 7.88. The first-order valence-electron chi connectivity index (χ1n) is 7.08. The fraction of sp³-hybridized carbons (Fsp3) is 0.167. The molecule has 0 aromatic heterocycles. The monoisotopic (exact) mass is 357 g/mol. The van der Waals surface area contributed by atoms with Crippen molar-refractivity contribution in [3.05, 3.63) is 69.2 Å². The average molecular weight is 358 g/mol. The standard InChI is InChI=1S/C18H16BrNO2/c1-12-3-2-4-13(7-12)10-20-18(21)15-8-14-9-16(19)5-6-17(14)22-11-15/h2-9H,10-11H2,1H3,(H,20,21). The number of nitrogens with one attached hydrogen (secondary N) is 1. The molecule has 4 heteroatoms. The van der Waals surface area contributed by atoms with Crippen LogP contribution >= 0.6 is 15.9 Å². The molecule has 0 aliphatic carbocycles. The van der Waals surface area contributed by atoms with Crippen molar-refractivity contribution >= 4 is 27.9 Å². The third kappa shape index (κ3) is 3.39. The van der Waals surface area contributed by atoms with Crippen molar-refractivity contribution in [2.45, 2.75) is 13.5 Å². The lowest BCUT2D eigenvalue weighted by atomic mass is 10.1. The van der Waals surface area contributed by atoms with Gasteiger partial charge in [0.05, 0.1) is 5.57 Å². The molecule has 22 heavy (non-hydrogen) atoms. The molecule has 0 fully saturated rings. The number of hydrogen-bond acceptors (Lipinski definition) is 2. The van der Waals surface area contributed by atoms with Crippen LogP contribution in [-0.4, -0.2) is 12.5 Å². The smallest absolute Gasteiger partial charge is 0.250 e. The van der Waals surface area contributed by atoms with Crippen LogP contribution in [0.4, 0.5) is 0 Å². The van der Waals surface area contributed by atoms with E-state index in [0.29, 0.717) is 18.7 Å². The van der Waals surface area contributed by atoms with Crippen LogP contribution in [0.2, 0.25) is 0 Å². The molecule has 0 radical (unpaired) electrons. The molecule has 0 saturated heterocycles. The van der Waals surface area contributed by atoms with Gasteiger partial charge in [0.1, 0.15) is 12.4 Å². The number of ether oxygens (including phenoxy) is 1. The summed E-state index contributed by atoms with van der Waals surface area (Å²) in [5.74, 6) is 0.713. The molecule has 112 valence electrons. The minimum Gasteiger partial charge on any atom is -0.488 e. The van der Waals surface area contributed by atoms with Crippen molar-refractivity contribution in [1.82, 2.24) is 5.32 Å². The van der Waals surface area contributed by atoms with Crippen molar-refractivity contribution in [1.29, 1.82) is 0 Å². The summed E-state index contributed by atoms with van der Waals surface area (Å²) in [6, 6.07) is 13.9. The van der Waals surface area contributed by atoms with E-state index in [-0.39, 0.29) is 5.91 Å². The highest BCUT2D eigenvalue weighted by Gasteiger charge is 2.17. The maximum absolute atomic E-state index is 12.3. The highest BCUT2D eigenvalue weighted by atomic mass is 79.9. The second-order valence-electron chi connectivity index (χ2n) is 5.31. The highest BCUT2D eigenvalue weighted by molar-refractivity contribution is 9.10. The zero-order chi connectivity index (χ0) is 15.5. The van der Waals surface area contributed by atoms with Crippen LogP contribution in [0.5, 0.6) is 5.75 Å². The molecule has 3 rings (SSSR count). The molecule has 0 saturated carbocycles. The summed E-state index contributed by atoms with van der Waals surface area (Å²) in [6.07, 6.45) is 1.88. The number of amides is 1. The van der Waals surface area contributed by atoms with Crippen molar-refractivity contribution in [3.8, 4) is 5.75 Å². The van der Waals surface area contributed by atoms with Crippen molar-refractivity contribution in [2.24, 2.45) is 0 Å². The molecule has 0 bridgehead atoms. The zero-order valence-corrected chi connectivity index (χ0v) is 13.8. The van der Waals surface area contributed by atoms with Gasteiger partial charge in [-0.3, -0.25) is 4.79 Å². The van der Waals surface area contributed by atoms with Gasteiger partial charge in [-0.25, -0.2) is 0 Å². The van der Waals surface area contributed by atoms with Gasteiger partial charge in [0.25, 0.3) is 5.91 Å². The number of carbonyl (C=O) groups excluding carboxylic acids is 1. The number of carbonyl (C=O) groups is 1.